The van der Waals surface area contributed by atoms with Crippen molar-refractivity contribution in [3.05, 3.63) is 60.7 Å². The van der Waals surface area contributed by atoms with Crippen LogP contribution in [-0.4, -0.2) is 12.2 Å². The predicted molar refractivity (Wildman–Crippen MR) is 80.6 cm³/mol. The van der Waals surface area contributed by atoms with E-state index in [9.17, 15) is 0 Å². The maximum atomic E-state index is 7.00. The summed E-state index contributed by atoms with van der Waals surface area (Å²) in [5, 5.41) is 7.00. The minimum Gasteiger partial charge on any atom is -0.400 e. The Kier molecular flexibility index (Phi) is 10.8. The number of rotatable bonds is 2. The second-order valence-electron chi connectivity index (χ2n) is 3.73. The van der Waals surface area contributed by atoms with Gasteiger partial charge in [-0.1, -0.05) is 87.4 Å². The van der Waals surface area contributed by atoms with E-state index < -0.39 is 0 Å². The van der Waals surface area contributed by atoms with Crippen LogP contribution in [0.5, 0.6) is 0 Å². The summed E-state index contributed by atoms with van der Waals surface area (Å²) in [7, 11) is 1.00. The molecule has 2 aromatic rings. The molecule has 1 heteroatoms. The highest BCUT2D eigenvalue weighted by Crippen LogP contribution is 2.17. The fourth-order valence-corrected chi connectivity index (χ4v) is 1.26. The van der Waals surface area contributed by atoms with Crippen molar-refractivity contribution in [3.63, 3.8) is 0 Å². The number of aliphatic hydroxyl groups excluding tert-OH is 1. The third kappa shape index (κ3) is 6.87. The van der Waals surface area contributed by atoms with Gasteiger partial charge in [0.25, 0.3) is 0 Å². The van der Waals surface area contributed by atoms with Crippen LogP contribution in [0.25, 0.3) is 11.1 Å². The molecule has 0 atom stereocenters. The van der Waals surface area contributed by atoms with Crippen LogP contribution in [0.1, 0.15) is 26.7 Å². The van der Waals surface area contributed by atoms with E-state index in [1.54, 1.807) is 0 Å². The highest BCUT2D eigenvalue weighted by atomic mass is 16.2. The van der Waals surface area contributed by atoms with E-state index >= 15 is 0 Å². The second-order valence-corrected chi connectivity index (χ2v) is 3.73. The van der Waals surface area contributed by atoms with Crippen LogP contribution in [0.4, 0.5) is 0 Å². The van der Waals surface area contributed by atoms with E-state index in [4.69, 9.17) is 5.11 Å². The van der Waals surface area contributed by atoms with Gasteiger partial charge < -0.3 is 5.11 Å². The molecule has 0 aliphatic rings. The van der Waals surface area contributed by atoms with E-state index in [2.05, 4.69) is 62.4 Å². The number of unbranched alkanes of at least 4 members (excludes halogenated alkanes) is 1. The lowest BCUT2D eigenvalue weighted by molar-refractivity contribution is 0.399. The number of aliphatic hydroxyl groups is 1. The third-order valence-corrected chi connectivity index (χ3v) is 2.38. The fraction of sp³-hybridized carbons (Fsp3) is 0.294. The van der Waals surface area contributed by atoms with Gasteiger partial charge in [0.1, 0.15) is 0 Å². The van der Waals surface area contributed by atoms with Crippen LogP contribution in [0, 0.1) is 0 Å². The Balaban J connectivity index is 0.000000415. The van der Waals surface area contributed by atoms with Crippen LogP contribution in [0.15, 0.2) is 60.7 Å². The normalized spacial score (nSPS) is 8.44. The maximum Gasteiger partial charge on any atom is 0.0319 e. The van der Waals surface area contributed by atoms with E-state index in [1.807, 2.05) is 12.1 Å². The van der Waals surface area contributed by atoms with Crippen LogP contribution in [0.2, 0.25) is 0 Å². The molecule has 0 heterocycles. The highest BCUT2D eigenvalue weighted by Gasteiger charge is 1.91. The molecule has 0 aliphatic heterocycles. The lowest BCUT2D eigenvalue weighted by atomic mass is 10.1. The molecule has 0 saturated carbocycles. The van der Waals surface area contributed by atoms with E-state index in [1.165, 1.54) is 24.0 Å². The molecule has 0 amide bonds. The van der Waals surface area contributed by atoms with Crippen LogP contribution in [0.3, 0.4) is 0 Å². The zero-order chi connectivity index (χ0) is 13.6. The molecule has 1 nitrogen and oxygen atoms in total. The van der Waals surface area contributed by atoms with Crippen molar-refractivity contribution in [2.24, 2.45) is 0 Å². The van der Waals surface area contributed by atoms with Gasteiger partial charge in [0, 0.05) is 7.11 Å². The van der Waals surface area contributed by atoms with Gasteiger partial charge in [-0.2, -0.15) is 0 Å². The number of hydrogen-bond acceptors (Lipinski definition) is 1. The molecule has 18 heavy (non-hydrogen) atoms. The Labute approximate surface area is 111 Å². The first-order valence-corrected chi connectivity index (χ1v) is 6.43. The van der Waals surface area contributed by atoms with Crippen LogP contribution < -0.4 is 0 Å². The molecule has 0 unspecified atom stereocenters. The minimum atomic E-state index is 1.00. The van der Waals surface area contributed by atoms with Gasteiger partial charge in [0.05, 0.1) is 0 Å². The first-order chi connectivity index (χ1) is 8.88. The van der Waals surface area contributed by atoms with Crippen molar-refractivity contribution in [2.75, 3.05) is 7.11 Å². The largest absolute Gasteiger partial charge is 0.400 e. The molecule has 0 radical (unpaired) electrons. The standard InChI is InChI=1S/C12H10.C4H10.CH4O/c1-3-7-11(8-4-1)12-9-5-2-6-10-12;1-3-4-2;1-2/h1-10H;3-4H2,1-2H3;2H,1H3. The maximum absolute atomic E-state index is 7.00. The first-order valence-electron chi connectivity index (χ1n) is 6.43. The Morgan fingerprint density at radius 3 is 1.11 bits per heavy atom. The van der Waals surface area contributed by atoms with E-state index in [0.717, 1.165) is 7.11 Å². The molecule has 0 aliphatic carbocycles. The van der Waals surface area contributed by atoms with Crippen molar-refractivity contribution in [1.29, 1.82) is 0 Å². The summed E-state index contributed by atoms with van der Waals surface area (Å²) in [6, 6.07) is 20.8. The zero-order valence-electron chi connectivity index (χ0n) is 11.6. The molecular formula is C17H24O. The Bertz CT molecular complexity index is 328. The Hall–Kier alpha value is -1.60. The lowest BCUT2D eigenvalue weighted by Gasteiger charge is -1.98. The molecule has 0 fully saturated rings. The molecule has 0 aromatic heterocycles. The Morgan fingerprint density at radius 2 is 0.889 bits per heavy atom. The second kappa shape index (κ2) is 11.9. The molecule has 0 saturated heterocycles. The summed E-state index contributed by atoms with van der Waals surface area (Å²) in [4.78, 5) is 0. The van der Waals surface area contributed by atoms with E-state index in [0.29, 0.717) is 0 Å². The highest BCUT2D eigenvalue weighted by molar-refractivity contribution is 5.62. The van der Waals surface area contributed by atoms with Crippen molar-refractivity contribution in [2.45, 2.75) is 26.7 Å². The first kappa shape index (κ1) is 16.4. The summed E-state index contributed by atoms with van der Waals surface area (Å²) in [6.07, 6.45) is 2.64. The van der Waals surface area contributed by atoms with Crippen LogP contribution >= 0.6 is 0 Å². The quantitative estimate of drug-likeness (QED) is 0.807. The number of hydrogen-bond donors (Lipinski definition) is 1. The van der Waals surface area contributed by atoms with Crippen molar-refractivity contribution in [3.8, 4) is 11.1 Å². The SMILES string of the molecule is CCCC.CO.c1ccc(-c2ccccc2)cc1. The van der Waals surface area contributed by atoms with Crippen molar-refractivity contribution < 1.29 is 5.11 Å². The van der Waals surface area contributed by atoms with Crippen LogP contribution in [-0.2, 0) is 0 Å². The molecule has 2 aromatic carbocycles. The van der Waals surface area contributed by atoms with Gasteiger partial charge in [-0.15, -0.1) is 0 Å². The summed E-state index contributed by atoms with van der Waals surface area (Å²) in [5.74, 6) is 0. The van der Waals surface area contributed by atoms with Gasteiger partial charge in [-0.05, 0) is 11.1 Å². The summed E-state index contributed by atoms with van der Waals surface area (Å²) >= 11 is 0. The van der Waals surface area contributed by atoms with Gasteiger partial charge >= 0.3 is 0 Å². The lowest BCUT2D eigenvalue weighted by Crippen LogP contribution is -1.73. The van der Waals surface area contributed by atoms with Gasteiger partial charge in [-0.3, -0.25) is 0 Å². The summed E-state index contributed by atoms with van der Waals surface area (Å²) in [6.45, 7) is 4.36. The molecular weight excluding hydrogens is 220 g/mol. The zero-order valence-corrected chi connectivity index (χ0v) is 11.6. The van der Waals surface area contributed by atoms with Gasteiger partial charge in [0.2, 0.25) is 0 Å². The minimum absolute atomic E-state index is 1.00. The fourth-order valence-electron chi connectivity index (χ4n) is 1.26. The average molecular weight is 244 g/mol. The smallest absolute Gasteiger partial charge is 0.0319 e. The van der Waals surface area contributed by atoms with Gasteiger partial charge in [0.15, 0.2) is 0 Å². The number of benzene rings is 2. The Morgan fingerprint density at radius 1 is 0.611 bits per heavy atom. The average Bonchev–Trinajstić information content (AvgIpc) is 2.51. The van der Waals surface area contributed by atoms with Crippen molar-refractivity contribution >= 4 is 0 Å². The molecule has 0 bridgehead atoms. The van der Waals surface area contributed by atoms with Crippen molar-refractivity contribution in [1.82, 2.24) is 0 Å². The topological polar surface area (TPSA) is 20.2 Å². The monoisotopic (exact) mass is 244 g/mol. The molecule has 2 rings (SSSR count). The summed E-state index contributed by atoms with van der Waals surface area (Å²) in [5.41, 5.74) is 2.55. The van der Waals surface area contributed by atoms with E-state index in [-0.39, 0.29) is 0 Å². The van der Waals surface area contributed by atoms with Gasteiger partial charge in [-0.25, -0.2) is 0 Å². The molecule has 0 spiro atoms. The molecule has 98 valence electrons. The predicted octanol–water partition coefficient (Wildman–Crippen LogP) is 4.77. The third-order valence-electron chi connectivity index (χ3n) is 2.38. The molecule has 1 N–H and O–H groups in total. The summed E-state index contributed by atoms with van der Waals surface area (Å²) < 4.78 is 0.